The van der Waals surface area contributed by atoms with Crippen molar-refractivity contribution in [1.82, 2.24) is 15.1 Å². The van der Waals surface area contributed by atoms with Crippen molar-refractivity contribution in [2.45, 2.75) is 44.2 Å². The third kappa shape index (κ3) is 3.20. The molecule has 2 aliphatic heterocycles. The highest BCUT2D eigenvalue weighted by atomic mass is 35.5. The molecule has 0 aromatic heterocycles. The lowest BCUT2D eigenvalue weighted by Crippen LogP contribution is -2.57. The molecule has 0 aromatic carbocycles. The predicted octanol–water partition coefficient (Wildman–Crippen LogP) is 0.384. The van der Waals surface area contributed by atoms with Crippen LogP contribution in [0.1, 0.15) is 32.1 Å². The molecule has 0 spiro atoms. The minimum absolute atomic E-state index is 0. The van der Waals surface area contributed by atoms with Crippen molar-refractivity contribution < 1.29 is 9.59 Å². The van der Waals surface area contributed by atoms with E-state index in [9.17, 15) is 9.59 Å². The molecule has 0 unspecified atom stereocenters. The van der Waals surface area contributed by atoms with E-state index in [1.807, 2.05) is 4.90 Å². The van der Waals surface area contributed by atoms with E-state index in [1.54, 1.807) is 4.90 Å². The van der Waals surface area contributed by atoms with Gasteiger partial charge in [-0.25, -0.2) is 0 Å². The standard InChI is InChI=1S/C13H21N3O2.ClH/c17-12-9-15(7-8-16(12)10-4-5-10)13(18)11-3-1-2-6-14-11;/h10-11,14H,1-9H2;1H/t11-;/m0./s1. The highest BCUT2D eigenvalue weighted by molar-refractivity contribution is 5.88. The molecule has 5 nitrogen and oxygen atoms in total. The summed E-state index contributed by atoms with van der Waals surface area (Å²) in [5.41, 5.74) is 0. The van der Waals surface area contributed by atoms with Gasteiger partial charge in [0.2, 0.25) is 11.8 Å². The SMILES string of the molecule is Cl.O=C([C@@H]1CCCCN1)N1CCN(C2CC2)C(=O)C1. The number of nitrogens with zero attached hydrogens (tertiary/aromatic N) is 2. The van der Waals surface area contributed by atoms with Gasteiger partial charge in [0.15, 0.2) is 0 Å². The summed E-state index contributed by atoms with van der Waals surface area (Å²) in [6.45, 7) is 2.64. The Kier molecular flexibility index (Phi) is 4.68. The van der Waals surface area contributed by atoms with Crippen LogP contribution in [0, 0.1) is 0 Å². The molecule has 0 aromatic rings. The third-order valence-corrected chi connectivity index (χ3v) is 4.17. The third-order valence-electron chi connectivity index (χ3n) is 4.17. The molecular formula is C13H22ClN3O2. The zero-order valence-electron chi connectivity index (χ0n) is 11.1. The first-order valence-corrected chi connectivity index (χ1v) is 7.07. The largest absolute Gasteiger partial charge is 0.336 e. The van der Waals surface area contributed by atoms with E-state index in [1.165, 1.54) is 0 Å². The van der Waals surface area contributed by atoms with Crippen molar-refractivity contribution in [3.8, 4) is 0 Å². The fraction of sp³-hybridized carbons (Fsp3) is 0.846. The van der Waals surface area contributed by atoms with Gasteiger partial charge in [-0.1, -0.05) is 6.42 Å². The van der Waals surface area contributed by atoms with Gasteiger partial charge in [0.1, 0.15) is 0 Å². The van der Waals surface area contributed by atoms with Crippen LogP contribution in [0.5, 0.6) is 0 Å². The number of hydrogen-bond donors (Lipinski definition) is 1. The number of nitrogens with one attached hydrogen (secondary N) is 1. The van der Waals surface area contributed by atoms with Crippen molar-refractivity contribution in [1.29, 1.82) is 0 Å². The van der Waals surface area contributed by atoms with E-state index in [0.717, 1.165) is 45.2 Å². The maximum Gasteiger partial charge on any atom is 0.242 e. The van der Waals surface area contributed by atoms with Crippen LogP contribution in [0.25, 0.3) is 0 Å². The Morgan fingerprint density at radius 3 is 2.53 bits per heavy atom. The zero-order chi connectivity index (χ0) is 12.5. The van der Waals surface area contributed by atoms with E-state index < -0.39 is 0 Å². The molecule has 19 heavy (non-hydrogen) atoms. The van der Waals surface area contributed by atoms with Gasteiger partial charge in [0.05, 0.1) is 12.6 Å². The molecular weight excluding hydrogens is 266 g/mol. The summed E-state index contributed by atoms with van der Waals surface area (Å²) in [5.74, 6) is 0.256. The molecule has 2 saturated heterocycles. The van der Waals surface area contributed by atoms with Crippen molar-refractivity contribution in [3.63, 3.8) is 0 Å². The molecule has 3 aliphatic rings. The van der Waals surface area contributed by atoms with Crippen LogP contribution in [0.15, 0.2) is 0 Å². The van der Waals surface area contributed by atoms with Gasteiger partial charge in [0.25, 0.3) is 0 Å². The van der Waals surface area contributed by atoms with Gasteiger partial charge in [0, 0.05) is 19.1 Å². The fourth-order valence-electron chi connectivity index (χ4n) is 2.93. The van der Waals surface area contributed by atoms with Gasteiger partial charge < -0.3 is 15.1 Å². The summed E-state index contributed by atoms with van der Waals surface area (Å²) in [4.78, 5) is 28.0. The molecule has 108 valence electrons. The average molecular weight is 288 g/mol. The quantitative estimate of drug-likeness (QED) is 0.799. The topological polar surface area (TPSA) is 52.7 Å². The molecule has 6 heteroatoms. The second-order valence-corrected chi connectivity index (χ2v) is 5.58. The van der Waals surface area contributed by atoms with Crippen LogP contribution in [0.3, 0.4) is 0 Å². The molecule has 1 aliphatic carbocycles. The highest BCUT2D eigenvalue weighted by Crippen LogP contribution is 2.28. The van der Waals surface area contributed by atoms with Crippen molar-refractivity contribution in [2.24, 2.45) is 0 Å². The number of piperidine rings is 1. The Labute approximate surface area is 120 Å². The summed E-state index contributed by atoms with van der Waals surface area (Å²) in [7, 11) is 0. The average Bonchev–Trinajstić information content (AvgIpc) is 3.23. The van der Waals surface area contributed by atoms with Crippen LogP contribution in [0.4, 0.5) is 0 Å². The minimum atomic E-state index is -0.0565. The maximum absolute atomic E-state index is 12.3. The van der Waals surface area contributed by atoms with E-state index in [0.29, 0.717) is 12.6 Å². The summed E-state index contributed by atoms with van der Waals surface area (Å²) >= 11 is 0. The molecule has 0 radical (unpaired) electrons. The lowest BCUT2D eigenvalue weighted by Gasteiger charge is -2.37. The maximum atomic E-state index is 12.3. The lowest BCUT2D eigenvalue weighted by atomic mass is 10.0. The summed E-state index contributed by atoms with van der Waals surface area (Å²) < 4.78 is 0. The monoisotopic (exact) mass is 287 g/mol. The van der Waals surface area contributed by atoms with Crippen LogP contribution in [-0.4, -0.2) is 59.9 Å². The van der Waals surface area contributed by atoms with Crippen LogP contribution in [0.2, 0.25) is 0 Å². The number of carbonyl (C=O) groups is 2. The van der Waals surface area contributed by atoms with Gasteiger partial charge in [-0.15, -0.1) is 12.4 Å². The Balaban J connectivity index is 0.00000133. The minimum Gasteiger partial charge on any atom is -0.336 e. The summed E-state index contributed by atoms with van der Waals surface area (Å²) in [6.07, 6.45) is 5.46. The second-order valence-electron chi connectivity index (χ2n) is 5.58. The summed E-state index contributed by atoms with van der Waals surface area (Å²) in [6, 6.07) is 0.418. The molecule has 3 rings (SSSR count). The number of piperazine rings is 1. The van der Waals surface area contributed by atoms with Gasteiger partial charge >= 0.3 is 0 Å². The predicted molar refractivity (Wildman–Crippen MR) is 74.2 cm³/mol. The highest BCUT2D eigenvalue weighted by Gasteiger charge is 2.38. The normalized spacial score (nSPS) is 28.0. The Morgan fingerprint density at radius 2 is 1.95 bits per heavy atom. The first-order valence-electron chi connectivity index (χ1n) is 7.07. The van der Waals surface area contributed by atoms with Crippen molar-refractivity contribution in [3.05, 3.63) is 0 Å². The molecule has 1 N–H and O–H groups in total. The lowest BCUT2D eigenvalue weighted by molar-refractivity contribution is -0.147. The smallest absolute Gasteiger partial charge is 0.242 e. The molecule has 3 fully saturated rings. The molecule has 1 atom stereocenters. The Morgan fingerprint density at radius 1 is 1.16 bits per heavy atom. The second kappa shape index (κ2) is 6.09. The first-order chi connectivity index (χ1) is 8.75. The van der Waals surface area contributed by atoms with E-state index in [4.69, 9.17) is 0 Å². The van der Waals surface area contributed by atoms with E-state index in [-0.39, 0.29) is 36.8 Å². The fourth-order valence-corrected chi connectivity index (χ4v) is 2.93. The van der Waals surface area contributed by atoms with Gasteiger partial charge in [-0.05, 0) is 32.2 Å². The van der Waals surface area contributed by atoms with Gasteiger partial charge in [-0.3, -0.25) is 9.59 Å². The number of rotatable bonds is 2. The van der Waals surface area contributed by atoms with Crippen LogP contribution in [-0.2, 0) is 9.59 Å². The molecule has 2 heterocycles. The van der Waals surface area contributed by atoms with Crippen LogP contribution < -0.4 is 5.32 Å². The van der Waals surface area contributed by atoms with Crippen molar-refractivity contribution >= 4 is 24.2 Å². The number of carbonyl (C=O) groups excluding carboxylic acids is 2. The first kappa shape index (κ1) is 14.6. The molecule has 2 amide bonds. The summed E-state index contributed by atoms with van der Waals surface area (Å²) in [5, 5.41) is 3.26. The van der Waals surface area contributed by atoms with Gasteiger partial charge in [-0.2, -0.15) is 0 Å². The number of hydrogen-bond acceptors (Lipinski definition) is 3. The molecule has 1 saturated carbocycles. The van der Waals surface area contributed by atoms with E-state index >= 15 is 0 Å². The number of amides is 2. The van der Waals surface area contributed by atoms with Crippen molar-refractivity contribution in [2.75, 3.05) is 26.2 Å². The number of halogens is 1. The Hall–Kier alpha value is -0.810. The zero-order valence-corrected chi connectivity index (χ0v) is 12.0. The Bertz CT molecular complexity index is 354. The molecule has 0 bridgehead atoms. The van der Waals surface area contributed by atoms with Crippen LogP contribution >= 0.6 is 12.4 Å². The van der Waals surface area contributed by atoms with E-state index in [2.05, 4.69) is 5.32 Å².